The van der Waals surface area contributed by atoms with Crippen LogP contribution in [0.4, 0.5) is 5.69 Å². The lowest BCUT2D eigenvalue weighted by Gasteiger charge is -2.34. The maximum Gasteiger partial charge on any atom is 0.244 e. The fourth-order valence-electron chi connectivity index (χ4n) is 4.41. The van der Waals surface area contributed by atoms with Crippen LogP contribution in [0.1, 0.15) is 56.7 Å². The molecule has 0 radical (unpaired) electrons. The Kier molecular flexibility index (Phi) is 10.9. The Morgan fingerprint density at radius 3 is 1.88 bits per heavy atom. The first-order chi connectivity index (χ1) is 19.0. The average Bonchev–Trinajstić information content (AvgIpc) is 2.93. The van der Waals surface area contributed by atoms with Crippen LogP contribution in [-0.4, -0.2) is 50.0 Å². The normalized spacial score (nSPS) is 12.9. The molecule has 8 heteroatoms. The van der Waals surface area contributed by atoms with Gasteiger partial charge in [-0.2, -0.15) is 0 Å². The van der Waals surface area contributed by atoms with E-state index in [1.165, 1.54) is 4.90 Å². The molecule has 0 spiro atoms. The van der Waals surface area contributed by atoms with Gasteiger partial charge in [-0.3, -0.25) is 13.9 Å². The van der Waals surface area contributed by atoms with Crippen molar-refractivity contribution in [1.82, 2.24) is 10.2 Å². The van der Waals surface area contributed by atoms with Gasteiger partial charge in [0.1, 0.15) is 12.6 Å². The van der Waals surface area contributed by atoms with Crippen LogP contribution in [0.3, 0.4) is 0 Å². The van der Waals surface area contributed by atoms with Crippen molar-refractivity contribution >= 4 is 27.5 Å². The average molecular weight is 564 g/mol. The summed E-state index contributed by atoms with van der Waals surface area (Å²) < 4.78 is 27.0. The van der Waals surface area contributed by atoms with Gasteiger partial charge in [-0.1, -0.05) is 93.6 Å². The van der Waals surface area contributed by atoms with E-state index in [4.69, 9.17) is 0 Å². The van der Waals surface area contributed by atoms with E-state index in [2.05, 4.69) is 19.2 Å². The number of nitrogens with zero attached hydrogens (tertiary/aromatic N) is 2. The van der Waals surface area contributed by atoms with Crippen molar-refractivity contribution in [3.8, 4) is 0 Å². The predicted molar refractivity (Wildman–Crippen MR) is 162 cm³/mol. The minimum atomic E-state index is -3.80. The highest BCUT2D eigenvalue weighted by Gasteiger charge is 2.33. The summed E-state index contributed by atoms with van der Waals surface area (Å²) in [7, 11) is -3.80. The Morgan fingerprint density at radius 1 is 0.825 bits per heavy atom. The van der Waals surface area contributed by atoms with E-state index in [1.54, 1.807) is 12.1 Å². The van der Waals surface area contributed by atoms with Crippen molar-refractivity contribution in [3.05, 3.63) is 102 Å². The summed E-state index contributed by atoms with van der Waals surface area (Å²) in [6.07, 6.45) is 2.13. The van der Waals surface area contributed by atoms with Crippen LogP contribution in [-0.2, 0) is 32.6 Å². The fourth-order valence-corrected chi connectivity index (χ4v) is 5.26. The van der Waals surface area contributed by atoms with E-state index in [9.17, 15) is 18.0 Å². The molecule has 0 saturated carbocycles. The summed E-state index contributed by atoms with van der Waals surface area (Å²) in [6, 6.07) is 25.3. The summed E-state index contributed by atoms with van der Waals surface area (Å²) in [5.74, 6) is -0.441. The molecule has 0 aliphatic heterocycles. The lowest BCUT2D eigenvalue weighted by molar-refractivity contribution is -0.140. The molecule has 0 unspecified atom stereocenters. The Labute approximate surface area is 239 Å². The van der Waals surface area contributed by atoms with Crippen molar-refractivity contribution < 1.29 is 18.0 Å². The number of amides is 2. The molecule has 2 amide bonds. The van der Waals surface area contributed by atoms with Crippen LogP contribution in [0.5, 0.6) is 0 Å². The molecule has 3 aromatic rings. The first-order valence-electron chi connectivity index (χ1n) is 13.7. The topological polar surface area (TPSA) is 86.8 Å². The molecule has 0 heterocycles. The highest BCUT2D eigenvalue weighted by molar-refractivity contribution is 7.92. The maximum atomic E-state index is 14.1. The van der Waals surface area contributed by atoms with Gasteiger partial charge < -0.3 is 10.2 Å². The van der Waals surface area contributed by atoms with Gasteiger partial charge in [0, 0.05) is 19.0 Å². The van der Waals surface area contributed by atoms with Gasteiger partial charge in [-0.15, -0.1) is 0 Å². The first-order valence-corrected chi connectivity index (χ1v) is 15.6. The quantitative estimate of drug-likeness (QED) is 0.312. The minimum absolute atomic E-state index is 0.0774. The molecule has 214 valence electrons. The van der Waals surface area contributed by atoms with Crippen LogP contribution in [0.25, 0.3) is 0 Å². The zero-order valence-electron chi connectivity index (χ0n) is 24.1. The van der Waals surface area contributed by atoms with E-state index in [0.717, 1.165) is 33.7 Å². The Hall–Kier alpha value is -3.65. The molecule has 40 heavy (non-hydrogen) atoms. The Balaban J connectivity index is 2.02. The third-order valence-corrected chi connectivity index (χ3v) is 8.14. The number of benzene rings is 3. The summed E-state index contributed by atoms with van der Waals surface area (Å²) in [6.45, 7) is 7.77. The van der Waals surface area contributed by atoms with Crippen molar-refractivity contribution in [2.45, 2.75) is 65.1 Å². The lowest BCUT2D eigenvalue weighted by atomic mass is 10.0. The molecular formula is C32H41N3O4S. The third kappa shape index (κ3) is 8.68. The molecule has 0 aromatic heterocycles. The molecule has 7 nitrogen and oxygen atoms in total. The highest BCUT2D eigenvalue weighted by Crippen LogP contribution is 2.23. The minimum Gasteiger partial charge on any atom is -0.352 e. The molecule has 0 saturated heterocycles. The van der Waals surface area contributed by atoms with Gasteiger partial charge in [0.05, 0.1) is 11.9 Å². The zero-order chi connectivity index (χ0) is 29.3. The summed E-state index contributed by atoms with van der Waals surface area (Å²) in [5.41, 5.74) is 3.22. The molecule has 0 aliphatic carbocycles. The molecular weight excluding hydrogens is 522 g/mol. The molecule has 0 aliphatic rings. The van der Waals surface area contributed by atoms with Gasteiger partial charge in [0.2, 0.25) is 21.8 Å². The van der Waals surface area contributed by atoms with Crippen molar-refractivity contribution in [2.24, 2.45) is 0 Å². The first kappa shape index (κ1) is 30.9. The summed E-state index contributed by atoms with van der Waals surface area (Å²) >= 11 is 0. The van der Waals surface area contributed by atoms with E-state index in [0.29, 0.717) is 12.1 Å². The van der Waals surface area contributed by atoms with Crippen molar-refractivity contribution in [1.29, 1.82) is 0 Å². The van der Waals surface area contributed by atoms with Crippen molar-refractivity contribution in [2.75, 3.05) is 17.1 Å². The largest absolute Gasteiger partial charge is 0.352 e. The number of nitrogens with one attached hydrogen (secondary N) is 1. The standard InChI is InChI=1S/C32H41N3O4S/c1-6-25(4)33-32(37)30(21-26-13-9-7-10-14-26)34(22-27-15-11-8-12-16-27)31(36)23-35(40(5,38)39)29-19-17-28(18-20-29)24(2)3/h7-20,24-25,30H,6,21-23H2,1-5H3,(H,33,37)/t25-,30-/m0/s1. The van der Waals surface area contributed by atoms with Crippen LogP contribution in [0.15, 0.2) is 84.9 Å². The van der Waals surface area contributed by atoms with E-state index in [-0.39, 0.29) is 24.4 Å². The van der Waals surface area contributed by atoms with E-state index < -0.39 is 28.5 Å². The number of hydrogen-bond acceptors (Lipinski definition) is 4. The van der Waals surface area contributed by atoms with Gasteiger partial charge in [0.15, 0.2) is 0 Å². The molecule has 2 atom stereocenters. The van der Waals surface area contributed by atoms with Crippen LogP contribution in [0, 0.1) is 0 Å². The Bertz CT molecular complexity index is 1340. The van der Waals surface area contributed by atoms with Crippen LogP contribution >= 0.6 is 0 Å². The predicted octanol–water partition coefficient (Wildman–Crippen LogP) is 5.13. The number of carbonyl (C=O) groups is 2. The second-order valence-electron chi connectivity index (χ2n) is 10.5. The summed E-state index contributed by atoms with van der Waals surface area (Å²) in [4.78, 5) is 29.3. The Morgan fingerprint density at radius 2 is 1.38 bits per heavy atom. The van der Waals surface area contributed by atoms with Gasteiger partial charge in [-0.05, 0) is 48.1 Å². The van der Waals surface area contributed by atoms with Gasteiger partial charge in [0.25, 0.3) is 0 Å². The number of carbonyl (C=O) groups excluding carboxylic acids is 2. The molecule has 3 aromatic carbocycles. The number of anilines is 1. The number of sulfonamides is 1. The molecule has 3 rings (SSSR count). The number of hydrogen-bond donors (Lipinski definition) is 1. The molecule has 0 bridgehead atoms. The second-order valence-corrected chi connectivity index (χ2v) is 12.5. The molecule has 1 N–H and O–H groups in total. The monoisotopic (exact) mass is 563 g/mol. The smallest absolute Gasteiger partial charge is 0.244 e. The number of rotatable bonds is 13. The van der Waals surface area contributed by atoms with Crippen LogP contribution < -0.4 is 9.62 Å². The van der Waals surface area contributed by atoms with Gasteiger partial charge in [-0.25, -0.2) is 8.42 Å². The summed E-state index contributed by atoms with van der Waals surface area (Å²) in [5, 5.41) is 3.04. The fraction of sp³-hybridized carbons (Fsp3) is 0.375. The SMILES string of the molecule is CC[C@H](C)NC(=O)[C@H](Cc1ccccc1)N(Cc1ccccc1)C(=O)CN(c1ccc(C(C)C)cc1)S(C)(=O)=O. The highest BCUT2D eigenvalue weighted by atomic mass is 32.2. The molecule has 0 fully saturated rings. The van der Waals surface area contributed by atoms with Crippen LogP contribution in [0.2, 0.25) is 0 Å². The zero-order valence-corrected chi connectivity index (χ0v) is 24.9. The van der Waals surface area contributed by atoms with Gasteiger partial charge >= 0.3 is 0 Å². The second kappa shape index (κ2) is 14.1. The van der Waals surface area contributed by atoms with E-state index >= 15 is 0 Å². The maximum absolute atomic E-state index is 14.1. The lowest BCUT2D eigenvalue weighted by Crippen LogP contribution is -2.54. The van der Waals surface area contributed by atoms with Crippen molar-refractivity contribution in [3.63, 3.8) is 0 Å². The third-order valence-electron chi connectivity index (χ3n) is 6.99. The van der Waals surface area contributed by atoms with E-state index in [1.807, 2.05) is 86.6 Å².